The van der Waals surface area contributed by atoms with Crippen molar-refractivity contribution in [3.8, 4) is 17.2 Å². The Hall–Kier alpha value is -3.42. The third kappa shape index (κ3) is 4.90. The van der Waals surface area contributed by atoms with Gasteiger partial charge in [0, 0.05) is 30.8 Å². The van der Waals surface area contributed by atoms with Crippen LogP contribution in [0.15, 0.2) is 40.3 Å². The van der Waals surface area contributed by atoms with E-state index in [-0.39, 0.29) is 59.8 Å². The minimum atomic E-state index is -4.03. The summed E-state index contributed by atoms with van der Waals surface area (Å²) in [5, 5.41) is 25.2. The van der Waals surface area contributed by atoms with Crippen LogP contribution in [-0.2, 0) is 14.8 Å². The minimum Gasteiger partial charge on any atom is -0.502 e. The molecule has 12 nitrogen and oxygen atoms in total. The van der Waals surface area contributed by atoms with Gasteiger partial charge in [-0.2, -0.15) is 9.41 Å². The van der Waals surface area contributed by atoms with Crippen LogP contribution in [0.2, 0.25) is 0 Å². The molecule has 0 spiro atoms. The summed E-state index contributed by atoms with van der Waals surface area (Å²) in [4.78, 5) is 10.3. The third-order valence-electron chi connectivity index (χ3n) is 4.66. The Balaban J connectivity index is 1.94. The second kappa shape index (κ2) is 9.80. The van der Waals surface area contributed by atoms with Crippen molar-refractivity contribution in [2.75, 3.05) is 45.9 Å². The number of morpholine rings is 1. The fourth-order valence-corrected chi connectivity index (χ4v) is 4.59. The van der Waals surface area contributed by atoms with E-state index in [9.17, 15) is 23.6 Å². The molecule has 1 aliphatic heterocycles. The van der Waals surface area contributed by atoms with Gasteiger partial charge >= 0.3 is 0 Å². The van der Waals surface area contributed by atoms with Gasteiger partial charge in [-0.25, -0.2) is 8.42 Å². The molecule has 1 saturated heterocycles. The Labute approximate surface area is 184 Å². The fraction of sp³-hybridized carbons (Fsp3) is 0.316. The molecular weight excluding hydrogens is 444 g/mol. The van der Waals surface area contributed by atoms with Crippen LogP contribution in [0.3, 0.4) is 0 Å². The van der Waals surface area contributed by atoms with Crippen molar-refractivity contribution in [1.82, 2.24) is 4.31 Å². The van der Waals surface area contributed by atoms with Crippen molar-refractivity contribution < 1.29 is 32.7 Å². The normalized spacial score (nSPS) is 14.9. The van der Waals surface area contributed by atoms with Crippen LogP contribution >= 0.6 is 0 Å². The zero-order valence-corrected chi connectivity index (χ0v) is 18.2. The van der Waals surface area contributed by atoms with Gasteiger partial charge in [-0.1, -0.05) is 0 Å². The minimum absolute atomic E-state index is 0.0658. The fourth-order valence-electron chi connectivity index (χ4n) is 3.02. The summed E-state index contributed by atoms with van der Waals surface area (Å²) in [6.45, 7) is 0.751. The molecule has 1 heterocycles. The molecule has 0 saturated carbocycles. The smallest absolute Gasteiger partial charge is 0.270 e. The summed E-state index contributed by atoms with van der Waals surface area (Å²) in [5.41, 5.74) is 2.82. The van der Waals surface area contributed by atoms with Gasteiger partial charge in [-0.15, -0.1) is 0 Å². The number of nitrogens with zero attached hydrogens (tertiary/aromatic N) is 3. The topological polar surface area (TPSA) is 153 Å². The number of sulfonamides is 1. The number of nitro groups is 1. The van der Waals surface area contributed by atoms with Gasteiger partial charge < -0.3 is 19.3 Å². The molecule has 32 heavy (non-hydrogen) atoms. The van der Waals surface area contributed by atoms with E-state index in [1.54, 1.807) is 0 Å². The van der Waals surface area contributed by atoms with Crippen molar-refractivity contribution >= 4 is 27.6 Å². The molecule has 0 amide bonds. The maximum absolute atomic E-state index is 13.1. The molecule has 0 radical (unpaired) electrons. The Bertz CT molecular complexity index is 1110. The Morgan fingerprint density at radius 3 is 2.38 bits per heavy atom. The van der Waals surface area contributed by atoms with E-state index in [2.05, 4.69) is 10.5 Å². The molecular formula is C19H22N4O8S. The molecule has 0 unspecified atom stereocenters. The molecule has 172 valence electrons. The van der Waals surface area contributed by atoms with Crippen LogP contribution in [-0.4, -0.2) is 69.5 Å². The number of hydrogen-bond acceptors (Lipinski definition) is 10. The molecule has 2 N–H and O–H groups in total. The Morgan fingerprint density at radius 2 is 1.81 bits per heavy atom. The van der Waals surface area contributed by atoms with E-state index in [1.807, 2.05) is 0 Å². The average Bonchev–Trinajstić information content (AvgIpc) is 2.80. The van der Waals surface area contributed by atoms with E-state index in [4.69, 9.17) is 14.2 Å². The largest absolute Gasteiger partial charge is 0.502 e. The lowest BCUT2D eigenvalue weighted by Gasteiger charge is -2.26. The van der Waals surface area contributed by atoms with Crippen LogP contribution in [0.5, 0.6) is 17.2 Å². The van der Waals surface area contributed by atoms with E-state index >= 15 is 0 Å². The summed E-state index contributed by atoms with van der Waals surface area (Å²) in [5.74, 6) is 0.155. The number of phenols is 1. The van der Waals surface area contributed by atoms with E-state index in [1.165, 1.54) is 49.0 Å². The molecule has 3 rings (SSSR count). The SMILES string of the molecule is COc1cc(C=NNc2ccc([N+](=O)[O-])cc2S(=O)(=O)N2CCOCC2)cc(OC)c1O. The van der Waals surface area contributed by atoms with Gasteiger partial charge in [0.25, 0.3) is 5.69 Å². The predicted molar refractivity (Wildman–Crippen MR) is 115 cm³/mol. The highest BCUT2D eigenvalue weighted by Gasteiger charge is 2.30. The van der Waals surface area contributed by atoms with Crippen LogP contribution in [0.25, 0.3) is 0 Å². The van der Waals surface area contributed by atoms with Gasteiger partial charge in [0.15, 0.2) is 11.5 Å². The number of hydrazone groups is 1. The van der Waals surface area contributed by atoms with Gasteiger partial charge in [0.05, 0.1) is 44.3 Å². The Morgan fingerprint density at radius 1 is 1.19 bits per heavy atom. The lowest BCUT2D eigenvalue weighted by atomic mass is 10.2. The molecule has 1 aliphatic rings. The average molecular weight is 466 g/mol. The number of aromatic hydroxyl groups is 1. The van der Waals surface area contributed by atoms with Crippen LogP contribution < -0.4 is 14.9 Å². The lowest BCUT2D eigenvalue weighted by Crippen LogP contribution is -2.40. The summed E-state index contributed by atoms with van der Waals surface area (Å²) in [6.07, 6.45) is 1.36. The number of ether oxygens (including phenoxy) is 3. The number of benzene rings is 2. The van der Waals surface area contributed by atoms with E-state index in [0.29, 0.717) is 5.56 Å². The predicted octanol–water partition coefficient (Wildman–Crippen LogP) is 1.78. The number of nitrogens with one attached hydrogen (secondary N) is 1. The highest BCUT2D eigenvalue weighted by atomic mass is 32.2. The molecule has 13 heteroatoms. The van der Waals surface area contributed by atoms with Crippen molar-refractivity contribution in [2.45, 2.75) is 4.90 Å². The van der Waals surface area contributed by atoms with Crippen molar-refractivity contribution in [3.63, 3.8) is 0 Å². The van der Waals surface area contributed by atoms with Crippen LogP contribution in [0.1, 0.15) is 5.56 Å². The molecule has 0 aliphatic carbocycles. The number of phenolic OH excluding ortho intramolecular Hbond substituents is 1. The highest BCUT2D eigenvalue weighted by Crippen LogP contribution is 2.36. The quantitative estimate of drug-likeness (QED) is 0.337. The first kappa shape index (κ1) is 23.2. The van der Waals surface area contributed by atoms with E-state index < -0.39 is 14.9 Å². The number of methoxy groups -OCH3 is 2. The molecule has 0 atom stereocenters. The van der Waals surface area contributed by atoms with Gasteiger partial charge in [-0.05, 0) is 18.2 Å². The van der Waals surface area contributed by atoms with Crippen molar-refractivity contribution in [1.29, 1.82) is 0 Å². The second-order valence-electron chi connectivity index (χ2n) is 6.60. The molecule has 2 aromatic rings. The van der Waals surface area contributed by atoms with Crippen LogP contribution in [0, 0.1) is 10.1 Å². The first-order chi connectivity index (χ1) is 15.3. The first-order valence-electron chi connectivity index (χ1n) is 9.38. The zero-order valence-electron chi connectivity index (χ0n) is 17.3. The maximum atomic E-state index is 13.1. The zero-order chi connectivity index (χ0) is 23.3. The van der Waals surface area contributed by atoms with Gasteiger partial charge in [-0.3, -0.25) is 15.5 Å². The number of anilines is 1. The monoisotopic (exact) mass is 466 g/mol. The number of rotatable bonds is 8. The number of hydrogen-bond donors (Lipinski definition) is 2. The third-order valence-corrected chi connectivity index (χ3v) is 6.60. The highest BCUT2D eigenvalue weighted by molar-refractivity contribution is 7.89. The Kier molecular flexibility index (Phi) is 7.12. The molecule has 0 aromatic heterocycles. The van der Waals surface area contributed by atoms with Gasteiger partial charge in [0.1, 0.15) is 4.90 Å². The maximum Gasteiger partial charge on any atom is 0.270 e. The van der Waals surface area contributed by atoms with Gasteiger partial charge in [0.2, 0.25) is 15.8 Å². The van der Waals surface area contributed by atoms with Crippen LogP contribution in [0.4, 0.5) is 11.4 Å². The summed E-state index contributed by atoms with van der Waals surface area (Å²) >= 11 is 0. The number of nitro benzene ring substituents is 1. The standard InChI is InChI=1S/C19H22N4O8S/c1-29-16-9-13(10-17(30-2)19(16)24)12-20-21-15-4-3-14(23(25)26)11-18(15)32(27,28)22-5-7-31-8-6-22/h3-4,9-12,21,24H,5-8H2,1-2H3. The van der Waals surface area contributed by atoms with Crippen molar-refractivity contribution in [2.24, 2.45) is 5.10 Å². The lowest BCUT2D eigenvalue weighted by molar-refractivity contribution is -0.385. The first-order valence-corrected chi connectivity index (χ1v) is 10.8. The number of non-ortho nitro benzene ring substituents is 1. The summed E-state index contributed by atoms with van der Waals surface area (Å²) in [7, 11) is -1.27. The second-order valence-corrected chi connectivity index (χ2v) is 8.50. The summed E-state index contributed by atoms with van der Waals surface area (Å²) in [6, 6.07) is 6.47. The van der Waals surface area contributed by atoms with Crippen molar-refractivity contribution in [3.05, 3.63) is 46.0 Å². The molecule has 1 fully saturated rings. The summed E-state index contributed by atoms with van der Waals surface area (Å²) < 4.78 is 42.8. The van der Waals surface area contributed by atoms with E-state index in [0.717, 1.165) is 6.07 Å². The molecule has 2 aromatic carbocycles. The molecule has 0 bridgehead atoms.